The summed E-state index contributed by atoms with van der Waals surface area (Å²) in [5.74, 6) is 0.257. The fourth-order valence-corrected chi connectivity index (χ4v) is 4.57. The van der Waals surface area contributed by atoms with Crippen LogP contribution in [0.5, 0.6) is 0 Å². The van der Waals surface area contributed by atoms with Crippen LogP contribution in [-0.2, 0) is 19.1 Å². The number of hydrogen-bond donors (Lipinski definition) is 2. The Morgan fingerprint density at radius 2 is 1.94 bits per heavy atom. The van der Waals surface area contributed by atoms with Crippen molar-refractivity contribution in [1.82, 2.24) is 19.9 Å². The molecule has 0 bridgehead atoms. The van der Waals surface area contributed by atoms with E-state index in [0.29, 0.717) is 12.8 Å². The highest BCUT2D eigenvalue weighted by atomic mass is 19.4. The minimum absolute atomic E-state index is 0.209. The van der Waals surface area contributed by atoms with Crippen LogP contribution in [0.1, 0.15) is 48.4 Å². The molecule has 1 aliphatic heterocycles. The number of halogens is 3. The van der Waals surface area contributed by atoms with E-state index in [0.717, 1.165) is 44.1 Å². The first-order chi connectivity index (χ1) is 14.9. The van der Waals surface area contributed by atoms with E-state index < -0.39 is 17.3 Å². The summed E-state index contributed by atoms with van der Waals surface area (Å²) in [4.78, 5) is 21.5. The van der Waals surface area contributed by atoms with Gasteiger partial charge in [0.2, 0.25) is 5.95 Å². The summed E-state index contributed by atoms with van der Waals surface area (Å²) < 4.78 is 41.7. The van der Waals surface area contributed by atoms with Crippen molar-refractivity contribution in [3.05, 3.63) is 57.5 Å². The quantitative estimate of drug-likeness (QED) is 0.649. The molecule has 1 fully saturated rings. The Labute approximate surface area is 176 Å². The molecule has 31 heavy (non-hydrogen) atoms. The average molecular weight is 429 g/mol. The second-order valence-corrected chi connectivity index (χ2v) is 8.18. The van der Waals surface area contributed by atoms with E-state index in [4.69, 9.17) is 0 Å². The Hall–Kier alpha value is -2.94. The molecule has 2 N–H and O–H groups in total. The summed E-state index contributed by atoms with van der Waals surface area (Å²) in [6.45, 7) is 1.75. The third-order valence-corrected chi connectivity index (χ3v) is 6.12. The predicted molar refractivity (Wildman–Crippen MR) is 111 cm³/mol. The number of pyridine rings is 1. The van der Waals surface area contributed by atoms with E-state index in [-0.39, 0.29) is 23.0 Å². The number of anilines is 2. The van der Waals surface area contributed by atoms with Crippen molar-refractivity contribution >= 4 is 22.7 Å². The monoisotopic (exact) mass is 429 g/mol. The van der Waals surface area contributed by atoms with Gasteiger partial charge in [0, 0.05) is 29.9 Å². The van der Waals surface area contributed by atoms with Gasteiger partial charge >= 0.3 is 6.18 Å². The number of benzene rings is 1. The summed E-state index contributed by atoms with van der Waals surface area (Å²) in [7, 11) is 0. The molecule has 0 spiro atoms. The third-order valence-electron chi connectivity index (χ3n) is 6.12. The molecule has 3 heterocycles. The predicted octanol–water partition coefficient (Wildman–Crippen LogP) is 4.31. The van der Waals surface area contributed by atoms with Gasteiger partial charge in [-0.3, -0.25) is 9.36 Å². The number of aromatic nitrogens is 3. The third kappa shape index (κ3) is 3.78. The van der Waals surface area contributed by atoms with Crippen LogP contribution in [0, 0.1) is 0 Å². The van der Waals surface area contributed by atoms with Crippen LogP contribution in [0.3, 0.4) is 0 Å². The summed E-state index contributed by atoms with van der Waals surface area (Å²) in [5.41, 5.74) is 1.33. The van der Waals surface area contributed by atoms with Gasteiger partial charge in [0.15, 0.2) is 0 Å². The Morgan fingerprint density at radius 1 is 1.13 bits per heavy atom. The van der Waals surface area contributed by atoms with Crippen molar-refractivity contribution in [2.24, 2.45) is 0 Å². The molecule has 3 aromatic rings. The van der Waals surface area contributed by atoms with E-state index in [9.17, 15) is 18.0 Å². The normalized spacial score (nSPS) is 17.1. The molecule has 5 rings (SSSR count). The van der Waals surface area contributed by atoms with Crippen molar-refractivity contribution < 1.29 is 13.2 Å². The van der Waals surface area contributed by atoms with Crippen LogP contribution in [0.4, 0.5) is 24.8 Å². The smallest absolute Gasteiger partial charge is 0.324 e. The standard InChI is InChI=1S/C22H22F3N5O/c23-22(24,25)18-10-15-12-27-21(28-16-6-5-14-11-26-8-7-13(14)9-16)29-19(15)30(20(18)31)17-3-1-2-4-17/h5-6,9-10,12,17,26H,1-4,7-8,11H2,(H,27,28,29). The summed E-state index contributed by atoms with van der Waals surface area (Å²) in [6.07, 6.45) is 0.659. The van der Waals surface area contributed by atoms with E-state index in [1.165, 1.54) is 21.9 Å². The lowest BCUT2D eigenvalue weighted by Gasteiger charge is -2.20. The molecular weight excluding hydrogens is 407 g/mol. The Balaban J connectivity index is 1.58. The second-order valence-electron chi connectivity index (χ2n) is 8.18. The van der Waals surface area contributed by atoms with E-state index in [1.54, 1.807) is 0 Å². The van der Waals surface area contributed by atoms with Gasteiger partial charge in [-0.15, -0.1) is 0 Å². The summed E-state index contributed by atoms with van der Waals surface area (Å²) >= 11 is 0. The van der Waals surface area contributed by atoms with Gasteiger partial charge < -0.3 is 10.6 Å². The molecule has 0 radical (unpaired) electrons. The lowest BCUT2D eigenvalue weighted by Crippen LogP contribution is -2.31. The lowest BCUT2D eigenvalue weighted by molar-refractivity contribution is -0.138. The zero-order valence-corrected chi connectivity index (χ0v) is 16.8. The Morgan fingerprint density at radius 3 is 2.71 bits per heavy atom. The number of fused-ring (bicyclic) bond motifs is 2. The molecule has 9 heteroatoms. The SMILES string of the molecule is O=c1c(C(F)(F)F)cc2cnc(Nc3ccc4c(c3)CCNC4)nc2n1C1CCCC1. The van der Waals surface area contributed by atoms with Gasteiger partial charge in [0.1, 0.15) is 11.2 Å². The van der Waals surface area contributed by atoms with E-state index >= 15 is 0 Å². The van der Waals surface area contributed by atoms with Crippen LogP contribution in [-0.4, -0.2) is 21.1 Å². The number of nitrogens with one attached hydrogen (secondary N) is 2. The van der Waals surface area contributed by atoms with Gasteiger partial charge in [-0.25, -0.2) is 4.98 Å². The number of hydrogen-bond acceptors (Lipinski definition) is 5. The molecule has 1 aliphatic carbocycles. The summed E-state index contributed by atoms with van der Waals surface area (Å²) in [5, 5.41) is 6.68. The molecule has 0 atom stereocenters. The highest BCUT2D eigenvalue weighted by Gasteiger charge is 2.36. The Bertz CT molecular complexity index is 1200. The van der Waals surface area contributed by atoms with Crippen molar-refractivity contribution in [2.75, 3.05) is 11.9 Å². The van der Waals surface area contributed by atoms with Crippen LogP contribution >= 0.6 is 0 Å². The maximum Gasteiger partial charge on any atom is 0.421 e. The topological polar surface area (TPSA) is 71.8 Å². The average Bonchev–Trinajstić information content (AvgIpc) is 3.27. The van der Waals surface area contributed by atoms with Crippen molar-refractivity contribution in [3.63, 3.8) is 0 Å². The van der Waals surface area contributed by atoms with Gasteiger partial charge in [-0.05, 0) is 55.1 Å². The highest BCUT2D eigenvalue weighted by Crippen LogP contribution is 2.34. The van der Waals surface area contributed by atoms with Crippen LogP contribution in [0.2, 0.25) is 0 Å². The maximum absolute atomic E-state index is 13.5. The van der Waals surface area contributed by atoms with Crippen LogP contribution in [0.15, 0.2) is 35.3 Å². The first-order valence-electron chi connectivity index (χ1n) is 10.5. The molecule has 0 unspecified atom stereocenters. The fourth-order valence-electron chi connectivity index (χ4n) is 4.57. The van der Waals surface area contributed by atoms with Gasteiger partial charge in [0.25, 0.3) is 5.56 Å². The first-order valence-corrected chi connectivity index (χ1v) is 10.5. The molecule has 0 amide bonds. The summed E-state index contributed by atoms with van der Waals surface area (Å²) in [6, 6.07) is 6.58. The van der Waals surface area contributed by atoms with Crippen LogP contribution in [0.25, 0.3) is 11.0 Å². The van der Waals surface area contributed by atoms with Gasteiger partial charge in [-0.1, -0.05) is 18.9 Å². The zero-order valence-electron chi connectivity index (χ0n) is 16.8. The molecule has 2 aromatic heterocycles. The molecule has 0 saturated heterocycles. The number of rotatable bonds is 3. The lowest BCUT2D eigenvalue weighted by atomic mass is 10.0. The zero-order chi connectivity index (χ0) is 21.6. The van der Waals surface area contributed by atoms with Gasteiger partial charge in [0.05, 0.1) is 0 Å². The minimum Gasteiger partial charge on any atom is -0.324 e. The first kappa shape index (κ1) is 20.0. The molecule has 1 aromatic carbocycles. The molecule has 162 valence electrons. The van der Waals surface area contributed by atoms with Gasteiger partial charge in [-0.2, -0.15) is 18.2 Å². The highest BCUT2D eigenvalue weighted by molar-refractivity contribution is 5.77. The fraction of sp³-hybridized carbons (Fsp3) is 0.409. The molecule has 6 nitrogen and oxygen atoms in total. The Kier molecular flexibility index (Phi) is 4.92. The minimum atomic E-state index is -4.72. The maximum atomic E-state index is 13.5. The van der Waals surface area contributed by atoms with Crippen molar-refractivity contribution in [2.45, 2.75) is 50.9 Å². The number of nitrogens with zero attached hydrogens (tertiary/aromatic N) is 3. The second kappa shape index (κ2) is 7.64. The van der Waals surface area contributed by atoms with Crippen LogP contribution < -0.4 is 16.2 Å². The largest absolute Gasteiger partial charge is 0.421 e. The van der Waals surface area contributed by atoms with Crippen molar-refractivity contribution in [1.29, 1.82) is 0 Å². The van der Waals surface area contributed by atoms with Crippen molar-refractivity contribution in [3.8, 4) is 0 Å². The molecule has 2 aliphatic rings. The molecule has 1 saturated carbocycles. The van der Waals surface area contributed by atoms with E-state index in [2.05, 4.69) is 20.6 Å². The number of alkyl halides is 3. The molecular formula is C22H22F3N5O. The van der Waals surface area contributed by atoms with E-state index in [1.807, 2.05) is 18.2 Å².